The van der Waals surface area contributed by atoms with Gasteiger partial charge in [-0.25, -0.2) is 9.18 Å². The molecule has 9 heteroatoms. The Labute approximate surface area is 221 Å². The van der Waals surface area contributed by atoms with Gasteiger partial charge in [0.2, 0.25) is 5.91 Å². The molecule has 4 rings (SSSR count). The Morgan fingerprint density at radius 2 is 2.05 bits per heavy atom. The summed E-state index contributed by atoms with van der Waals surface area (Å²) in [6.07, 6.45) is 4.92. The lowest BCUT2D eigenvalue weighted by Gasteiger charge is -2.21. The first-order valence-electron chi connectivity index (χ1n) is 13.4. The maximum Gasteiger partial charge on any atom is 0.420 e. The molecule has 1 aliphatic rings. The summed E-state index contributed by atoms with van der Waals surface area (Å²) in [5.74, 6) is -1.27. The molecule has 0 aliphatic carbocycles. The summed E-state index contributed by atoms with van der Waals surface area (Å²) >= 11 is 0. The summed E-state index contributed by atoms with van der Waals surface area (Å²) in [7, 11) is 0. The molecule has 1 saturated heterocycles. The van der Waals surface area contributed by atoms with Gasteiger partial charge in [-0.3, -0.25) is 9.36 Å². The molecule has 3 aromatic rings. The van der Waals surface area contributed by atoms with Gasteiger partial charge in [-0.1, -0.05) is 38.0 Å². The summed E-state index contributed by atoms with van der Waals surface area (Å²) in [6, 6.07) is 11.4. The summed E-state index contributed by atoms with van der Waals surface area (Å²) in [5, 5.41) is 15.7. The quantitative estimate of drug-likeness (QED) is 0.387. The van der Waals surface area contributed by atoms with E-state index in [-0.39, 0.29) is 18.2 Å². The van der Waals surface area contributed by atoms with Crippen LogP contribution in [0.25, 0.3) is 22.2 Å². The van der Waals surface area contributed by atoms with Crippen LogP contribution in [0.3, 0.4) is 0 Å². The third kappa shape index (κ3) is 6.88. The van der Waals surface area contributed by atoms with Crippen molar-refractivity contribution in [3.05, 3.63) is 58.3 Å². The van der Waals surface area contributed by atoms with Gasteiger partial charge < -0.3 is 19.8 Å². The third-order valence-electron chi connectivity index (χ3n) is 6.93. The van der Waals surface area contributed by atoms with Crippen LogP contribution in [0.5, 0.6) is 0 Å². The SMILES string of the molecule is CCCOCCn1c(=O)oc2ccc(-c3ccc(C[C@@H](C#N)NC(=O)[C@@H]4CCCCCNC4)c(F)c3)cc21. The van der Waals surface area contributed by atoms with Crippen molar-refractivity contribution in [1.82, 2.24) is 15.2 Å². The lowest BCUT2D eigenvalue weighted by Crippen LogP contribution is -2.43. The first kappa shape index (κ1) is 27.6. The number of rotatable bonds is 10. The molecule has 2 aromatic carbocycles. The minimum atomic E-state index is -0.820. The molecule has 0 radical (unpaired) electrons. The monoisotopic (exact) mass is 522 g/mol. The van der Waals surface area contributed by atoms with E-state index in [1.54, 1.807) is 30.3 Å². The molecular formula is C29H35FN4O4. The van der Waals surface area contributed by atoms with E-state index in [2.05, 4.69) is 16.7 Å². The van der Waals surface area contributed by atoms with Gasteiger partial charge in [0.25, 0.3) is 0 Å². The molecule has 1 aliphatic heterocycles. The van der Waals surface area contributed by atoms with Gasteiger partial charge in [0.15, 0.2) is 5.58 Å². The highest BCUT2D eigenvalue weighted by Gasteiger charge is 2.23. The van der Waals surface area contributed by atoms with Crippen LogP contribution in [-0.4, -0.2) is 42.8 Å². The normalized spacial score (nSPS) is 16.9. The first-order chi connectivity index (χ1) is 18.5. The van der Waals surface area contributed by atoms with Gasteiger partial charge >= 0.3 is 5.76 Å². The number of nitrogens with zero attached hydrogens (tertiary/aromatic N) is 2. The van der Waals surface area contributed by atoms with Crippen molar-refractivity contribution >= 4 is 17.0 Å². The number of nitriles is 1. The second-order valence-corrected chi connectivity index (χ2v) is 9.77. The Morgan fingerprint density at radius 3 is 2.84 bits per heavy atom. The fraction of sp³-hybridized carbons (Fsp3) is 0.483. The van der Waals surface area contributed by atoms with Crippen molar-refractivity contribution in [2.45, 2.75) is 58.0 Å². The highest BCUT2D eigenvalue weighted by molar-refractivity contribution is 5.81. The smallest absolute Gasteiger partial charge is 0.408 e. The molecule has 0 unspecified atom stereocenters. The number of halogens is 1. The number of benzene rings is 2. The van der Waals surface area contributed by atoms with Crippen LogP contribution < -0.4 is 16.4 Å². The molecule has 2 N–H and O–H groups in total. The average Bonchev–Trinajstić information content (AvgIpc) is 3.21. The van der Waals surface area contributed by atoms with E-state index in [1.165, 1.54) is 10.6 Å². The summed E-state index contributed by atoms with van der Waals surface area (Å²) in [4.78, 5) is 25.1. The van der Waals surface area contributed by atoms with E-state index >= 15 is 4.39 Å². The zero-order chi connectivity index (χ0) is 26.9. The fourth-order valence-electron chi connectivity index (χ4n) is 4.81. The Hall–Kier alpha value is -3.48. The first-order valence-corrected chi connectivity index (χ1v) is 13.4. The van der Waals surface area contributed by atoms with Crippen molar-refractivity contribution in [3.8, 4) is 17.2 Å². The van der Waals surface area contributed by atoms with E-state index < -0.39 is 17.6 Å². The molecule has 1 amide bonds. The van der Waals surface area contributed by atoms with Crippen LogP contribution in [0.2, 0.25) is 0 Å². The maximum atomic E-state index is 15.1. The standard InChI is InChI=1S/C29H35FN4O4/c1-2-13-37-14-12-34-26-17-21(9-10-27(26)38-29(34)36)20-7-8-22(25(30)16-20)15-24(18-31)33-28(35)23-6-4-3-5-11-32-19-23/h7-10,16-17,23-24,32H,2-6,11-15,19H2,1H3,(H,33,35)/t23-,24+/m1/s1. The highest BCUT2D eigenvalue weighted by atomic mass is 19.1. The summed E-state index contributed by atoms with van der Waals surface area (Å²) in [5.41, 5.74) is 2.79. The molecule has 202 valence electrons. The predicted octanol–water partition coefficient (Wildman–Crippen LogP) is 4.16. The zero-order valence-electron chi connectivity index (χ0n) is 21.8. The third-order valence-corrected chi connectivity index (χ3v) is 6.93. The number of carbonyl (C=O) groups is 1. The Kier molecular flexibility index (Phi) is 9.68. The molecule has 0 spiro atoms. The molecule has 38 heavy (non-hydrogen) atoms. The van der Waals surface area contributed by atoms with Gasteiger partial charge in [0.05, 0.1) is 30.7 Å². The Balaban J connectivity index is 1.46. The number of aromatic nitrogens is 1. The Morgan fingerprint density at radius 1 is 1.24 bits per heavy atom. The molecule has 8 nitrogen and oxygen atoms in total. The molecule has 2 heterocycles. The number of ether oxygens (including phenoxy) is 1. The molecular weight excluding hydrogens is 487 g/mol. The minimum Gasteiger partial charge on any atom is -0.408 e. The lowest BCUT2D eigenvalue weighted by atomic mass is 9.96. The predicted molar refractivity (Wildman–Crippen MR) is 143 cm³/mol. The summed E-state index contributed by atoms with van der Waals surface area (Å²) in [6.45, 7) is 4.87. The average molecular weight is 523 g/mol. The van der Waals surface area contributed by atoms with Gasteiger partial charge in [-0.2, -0.15) is 5.26 Å². The van der Waals surface area contributed by atoms with Crippen LogP contribution in [-0.2, 0) is 22.5 Å². The molecule has 2 atom stereocenters. The summed E-state index contributed by atoms with van der Waals surface area (Å²) < 4.78 is 27.5. The Bertz CT molecular complexity index is 1330. The van der Waals surface area contributed by atoms with E-state index in [0.29, 0.717) is 48.5 Å². The van der Waals surface area contributed by atoms with Crippen LogP contribution in [0, 0.1) is 23.1 Å². The van der Waals surface area contributed by atoms with E-state index in [0.717, 1.165) is 44.2 Å². The largest absolute Gasteiger partial charge is 0.420 e. The number of amides is 1. The topological polar surface area (TPSA) is 109 Å². The molecule has 1 aromatic heterocycles. The van der Waals surface area contributed by atoms with Crippen LogP contribution in [0.1, 0.15) is 44.6 Å². The van der Waals surface area contributed by atoms with Crippen molar-refractivity contribution in [1.29, 1.82) is 5.26 Å². The van der Waals surface area contributed by atoms with E-state index in [9.17, 15) is 14.9 Å². The van der Waals surface area contributed by atoms with Gasteiger partial charge in [0, 0.05) is 19.6 Å². The van der Waals surface area contributed by atoms with Crippen molar-refractivity contribution in [3.63, 3.8) is 0 Å². The van der Waals surface area contributed by atoms with Crippen molar-refractivity contribution in [2.24, 2.45) is 5.92 Å². The number of oxazole rings is 1. The van der Waals surface area contributed by atoms with Gasteiger partial charge in [-0.15, -0.1) is 0 Å². The fourth-order valence-corrected chi connectivity index (χ4v) is 4.81. The van der Waals surface area contributed by atoms with Crippen LogP contribution in [0.4, 0.5) is 4.39 Å². The molecule has 0 saturated carbocycles. The number of hydrogen-bond donors (Lipinski definition) is 2. The second-order valence-electron chi connectivity index (χ2n) is 9.77. The maximum absolute atomic E-state index is 15.1. The van der Waals surface area contributed by atoms with E-state index in [1.807, 2.05) is 6.92 Å². The lowest BCUT2D eigenvalue weighted by molar-refractivity contribution is -0.125. The van der Waals surface area contributed by atoms with Crippen LogP contribution in [0.15, 0.2) is 45.6 Å². The van der Waals surface area contributed by atoms with Crippen molar-refractivity contribution in [2.75, 3.05) is 26.3 Å². The highest BCUT2D eigenvalue weighted by Crippen LogP contribution is 2.26. The number of hydrogen-bond acceptors (Lipinski definition) is 6. The number of carbonyl (C=O) groups excluding carboxylic acids is 1. The minimum absolute atomic E-state index is 0.0760. The number of nitrogens with one attached hydrogen (secondary N) is 2. The van der Waals surface area contributed by atoms with Gasteiger partial charge in [0.1, 0.15) is 11.9 Å². The van der Waals surface area contributed by atoms with E-state index in [4.69, 9.17) is 9.15 Å². The molecule has 1 fully saturated rings. The zero-order valence-corrected chi connectivity index (χ0v) is 21.8. The van der Waals surface area contributed by atoms with Crippen molar-refractivity contribution < 1.29 is 18.3 Å². The van der Waals surface area contributed by atoms with Crippen LogP contribution >= 0.6 is 0 Å². The molecule has 0 bridgehead atoms. The van der Waals surface area contributed by atoms with Gasteiger partial charge in [-0.05, 0) is 60.7 Å². The number of fused-ring (bicyclic) bond motifs is 1. The second kappa shape index (κ2) is 13.4.